The number of aliphatic hydroxyl groups is 1. The molecule has 0 spiro atoms. The molecule has 0 aliphatic heterocycles. The van der Waals surface area contributed by atoms with E-state index >= 15 is 0 Å². The highest BCUT2D eigenvalue weighted by Crippen LogP contribution is 2.26. The van der Waals surface area contributed by atoms with Crippen LogP contribution in [0, 0.1) is 0 Å². The maximum Gasteiger partial charge on any atom is 0.0683 e. The topological polar surface area (TPSA) is 35.5 Å². The number of nitrogens with one attached hydrogen (secondary N) is 1. The van der Waals surface area contributed by atoms with Crippen LogP contribution in [0.25, 0.3) is 0 Å². The molecule has 1 atom stereocenters. The van der Waals surface area contributed by atoms with Crippen molar-refractivity contribution in [2.75, 3.05) is 26.7 Å². The first-order valence-corrected chi connectivity index (χ1v) is 8.16. The predicted molar refractivity (Wildman–Crippen MR) is 90.5 cm³/mol. The molecule has 0 heterocycles. The number of rotatable bonds is 10. The molecule has 21 heavy (non-hydrogen) atoms. The van der Waals surface area contributed by atoms with Crippen molar-refractivity contribution in [3.05, 3.63) is 35.9 Å². The molecule has 0 radical (unpaired) electrons. The zero-order chi connectivity index (χ0) is 15.7. The molecule has 0 saturated heterocycles. The molecule has 1 rings (SSSR count). The molecule has 0 amide bonds. The van der Waals surface area contributed by atoms with Crippen LogP contribution in [0.5, 0.6) is 0 Å². The van der Waals surface area contributed by atoms with Crippen molar-refractivity contribution < 1.29 is 5.11 Å². The van der Waals surface area contributed by atoms with Crippen LogP contribution in [0.4, 0.5) is 0 Å². The van der Waals surface area contributed by atoms with Crippen molar-refractivity contribution in [1.82, 2.24) is 10.2 Å². The van der Waals surface area contributed by atoms with Gasteiger partial charge >= 0.3 is 0 Å². The van der Waals surface area contributed by atoms with E-state index in [-0.39, 0.29) is 12.1 Å². The van der Waals surface area contributed by atoms with Gasteiger partial charge in [0.05, 0.1) is 12.1 Å². The van der Waals surface area contributed by atoms with Gasteiger partial charge in [0.15, 0.2) is 0 Å². The smallest absolute Gasteiger partial charge is 0.0683 e. The quantitative estimate of drug-likeness (QED) is 0.696. The Hall–Kier alpha value is -0.900. The maximum atomic E-state index is 10.1. The van der Waals surface area contributed by atoms with E-state index in [1.807, 2.05) is 18.2 Å². The first kappa shape index (κ1) is 18.1. The zero-order valence-electron chi connectivity index (χ0n) is 14.1. The second-order valence-electron chi connectivity index (χ2n) is 6.31. The van der Waals surface area contributed by atoms with E-state index in [1.165, 1.54) is 18.4 Å². The molecule has 2 N–H and O–H groups in total. The summed E-state index contributed by atoms with van der Waals surface area (Å²) in [4.78, 5) is 2.36. The standard InChI is InChI=1S/C18H32N2O/c1-5-6-13-20(4)14-12-18(15-21,19-16(2)3)17-10-8-7-9-11-17/h7-11,16,19,21H,5-6,12-15H2,1-4H3. The van der Waals surface area contributed by atoms with Gasteiger partial charge < -0.3 is 15.3 Å². The van der Waals surface area contributed by atoms with Crippen LogP contribution in [-0.2, 0) is 5.54 Å². The Morgan fingerprint density at radius 1 is 1.19 bits per heavy atom. The van der Waals surface area contributed by atoms with Gasteiger partial charge in [-0.3, -0.25) is 0 Å². The van der Waals surface area contributed by atoms with Crippen LogP contribution in [0.2, 0.25) is 0 Å². The van der Waals surface area contributed by atoms with E-state index in [2.05, 4.69) is 50.2 Å². The van der Waals surface area contributed by atoms with Gasteiger partial charge in [0.25, 0.3) is 0 Å². The number of hydrogen-bond acceptors (Lipinski definition) is 3. The molecule has 120 valence electrons. The summed E-state index contributed by atoms with van der Waals surface area (Å²) < 4.78 is 0. The fourth-order valence-corrected chi connectivity index (χ4v) is 2.75. The summed E-state index contributed by atoms with van der Waals surface area (Å²) in [6, 6.07) is 10.7. The molecule has 1 aromatic carbocycles. The number of unbranched alkanes of at least 4 members (excludes halogenated alkanes) is 1. The first-order valence-electron chi connectivity index (χ1n) is 8.16. The van der Waals surface area contributed by atoms with Crippen LogP contribution in [0.3, 0.4) is 0 Å². The number of benzene rings is 1. The Morgan fingerprint density at radius 2 is 1.86 bits per heavy atom. The van der Waals surface area contributed by atoms with E-state index in [0.29, 0.717) is 6.04 Å². The van der Waals surface area contributed by atoms with Crippen LogP contribution >= 0.6 is 0 Å². The summed E-state index contributed by atoms with van der Waals surface area (Å²) in [6.07, 6.45) is 3.36. The van der Waals surface area contributed by atoms with Crippen molar-refractivity contribution >= 4 is 0 Å². The lowest BCUT2D eigenvalue weighted by molar-refractivity contribution is 0.128. The molecular weight excluding hydrogens is 260 g/mol. The van der Waals surface area contributed by atoms with Gasteiger partial charge in [-0.2, -0.15) is 0 Å². The molecule has 0 bridgehead atoms. The third-order valence-corrected chi connectivity index (χ3v) is 3.97. The van der Waals surface area contributed by atoms with E-state index in [0.717, 1.165) is 19.5 Å². The highest BCUT2D eigenvalue weighted by atomic mass is 16.3. The predicted octanol–water partition coefficient (Wildman–Crippen LogP) is 2.99. The summed E-state index contributed by atoms with van der Waals surface area (Å²) >= 11 is 0. The lowest BCUT2D eigenvalue weighted by Gasteiger charge is -2.37. The summed E-state index contributed by atoms with van der Waals surface area (Å²) in [5.74, 6) is 0. The molecule has 0 fully saturated rings. The van der Waals surface area contributed by atoms with Crippen molar-refractivity contribution in [3.8, 4) is 0 Å². The number of aliphatic hydroxyl groups excluding tert-OH is 1. The van der Waals surface area contributed by atoms with E-state index < -0.39 is 0 Å². The van der Waals surface area contributed by atoms with Crippen LogP contribution < -0.4 is 5.32 Å². The minimum absolute atomic E-state index is 0.122. The first-order chi connectivity index (χ1) is 10.0. The van der Waals surface area contributed by atoms with Gasteiger partial charge in [-0.1, -0.05) is 43.7 Å². The number of hydrogen-bond donors (Lipinski definition) is 2. The Morgan fingerprint density at radius 3 is 2.38 bits per heavy atom. The van der Waals surface area contributed by atoms with Gasteiger partial charge in [-0.05, 0) is 45.8 Å². The Bertz CT molecular complexity index is 380. The second-order valence-corrected chi connectivity index (χ2v) is 6.31. The Kier molecular flexibility index (Phi) is 7.94. The van der Waals surface area contributed by atoms with Crippen LogP contribution in [0.15, 0.2) is 30.3 Å². The van der Waals surface area contributed by atoms with E-state index in [4.69, 9.17) is 0 Å². The van der Waals surface area contributed by atoms with Gasteiger partial charge in [-0.25, -0.2) is 0 Å². The monoisotopic (exact) mass is 292 g/mol. The Balaban J connectivity index is 2.81. The second kappa shape index (κ2) is 9.19. The molecule has 0 aliphatic carbocycles. The molecule has 0 aromatic heterocycles. The molecule has 0 saturated carbocycles. The largest absolute Gasteiger partial charge is 0.394 e. The molecule has 1 unspecified atom stereocenters. The molecule has 0 aliphatic rings. The number of nitrogens with zero attached hydrogens (tertiary/aromatic N) is 1. The van der Waals surface area contributed by atoms with Crippen molar-refractivity contribution in [3.63, 3.8) is 0 Å². The fourth-order valence-electron chi connectivity index (χ4n) is 2.75. The van der Waals surface area contributed by atoms with Gasteiger partial charge in [0, 0.05) is 12.6 Å². The zero-order valence-corrected chi connectivity index (χ0v) is 14.1. The summed E-state index contributed by atoms with van der Waals surface area (Å²) in [6.45, 7) is 8.71. The lowest BCUT2D eigenvalue weighted by Crippen LogP contribution is -2.50. The highest BCUT2D eigenvalue weighted by Gasteiger charge is 2.31. The lowest BCUT2D eigenvalue weighted by atomic mass is 9.86. The van der Waals surface area contributed by atoms with Gasteiger partial charge in [-0.15, -0.1) is 0 Å². The van der Waals surface area contributed by atoms with Crippen molar-refractivity contribution in [2.45, 2.75) is 51.6 Å². The normalized spacial score (nSPS) is 14.6. The average Bonchev–Trinajstić information content (AvgIpc) is 2.50. The summed E-state index contributed by atoms with van der Waals surface area (Å²) in [5.41, 5.74) is 0.820. The highest BCUT2D eigenvalue weighted by molar-refractivity contribution is 5.25. The van der Waals surface area contributed by atoms with E-state index in [1.54, 1.807) is 0 Å². The van der Waals surface area contributed by atoms with E-state index in [9.17, 15) is 5.11 Å². The average molecular weight is 292 g/mol. The van der Waals surface area contributed by atoms with Crippen molar-refractivity contribution in [2.24, 2.45) is 0 Å². The Labute approximate surface area is 130 Å². The fraction of sp³-hybridized carbons (Fsp3) is 0.667. The van der Waals surface area contributed by atoms with Crippen LogP contribution in [-0.4, -0.2) is 42.8 Å². The third kappa shape index (κ3) is 5.77. The minimum atomic E-state index is -0.351. The summed E-state index contributed by atoms with van der Waals surface area (Å²) in [5, 5.41) is 13.7. The van der Waals surface area contributed by atoms with Gasteiger partial charge in [0.1, 0.15) is 0 Å². The maximum absolute atomic E-state index is 10.1. The summed E-state index contributed by atoms with van der Waals surface area (Å²) in [7, 11) is 2.16. The van der Waals surface area contributed by atoms with Crippen molar-refractivity contribution in [1.29, 1.82) is 0 Å². The molecule has 3 nitrogen and oxygen atoms in total. The van der Waals surface area contributed by atoms with Crippen LogP contribution in [0.1, 0.15) is 45.6 Å². The molecular formula is C18H32N2O. The molecule has 3 heteroatoms. The SMILES string of the molecule is CCCCN(C)CCC(CO)(NC(C)C)c1ccccc1. The minimum Gasteiger partial charge on any atom is -0.394 e. The molecule has 1 aromatic rings. The third-order valence-electron chi connectivity index (χ3n) is 3.97. The van der Waals surface area contributed by atoms with Gasteiger partial charge in [0.2, 0.25) is 0 Å².